The quantitative estimate of drug-likeness (QED) is 0.664. The number of anilines is 2. The summed E-state index contributed by atoms with van der Waals surface area (Å²) in [5.41, 5.74) is 1.11. The highest BCUT2D eigenvalue weighted by Gasteiger charge is 2.19. The minimum Gasteiger partial charge on any atom is -0.497 e. The van der Waals surface area contributed by atoms with Gasteiger partial charge in [0.2, 0.25) is 0 Å². The Hall–Kier alpha value is -3.39. The standard InChI is InChI=1S/C20H19N3O4S/c1-14-6-5-9-19(21-14)22-20(24)17-7-3-4-8-18(17)23-28(25,26)16-12-10-15(27-2)11-13-16/h3-13,23H,1-2H3,(H,21,22,24). The number of hydrogen-bond donors (Lipinski definition) is 2. The van der Waals surface area contributed by atoms with Crippen molar-refractivity contribution in [1.29, 1.82) is 0 Å². The number of aryl methyl sites for hydroxylation is 1. The Bertz CT molecular complexity index is 1100. The Morgan fingerprint density at radius 1 is 0.964 bits per heavy atom. The van der Waals surface area contributed by atoms with Gasteiger partial charge in [0.15, 0.2) is 0 Å². The fraction of sp³-hybridized carbons (Fsp3) is 0.100. The van der Waals surface area contributed by atoms with Gasteiger partial charge in [0.25, 0.3) is 15.9 Å². The number of rotatable bonds is 6. The summed E-state index contributed by atoms with van der Waals surface area (Å²) in [5, 5.41) is 2.68. The third-order valence-corrected chi connectivity index (χ3v) is 5.30. The second kappa shape index (κ2) is 8.10. The van der Waals surface area contributed by atoms with E-state index in [1.54, 1.807) is 36.4 Å². The number of ether oxygens (including phenoxy) is 1. The molecular weight excluding hydrogens is 378 g/mol. The molecule has 1 aromatic heterocycles. The second-order valence-corrected chi connectivity index (χ2v) is 7.63. The van der Waals surface area contributed by atoms with Crippen molar-refractivity contribution in [2.75, 3.05) is 17.1 Å². The number of carbonyl (C=O) groups is 1. The molecule has 0 aliphatic heterocycles. The first-order chi connectivity index (χ1) is 13.4. The van der Waals surface area contributed by atoms with Crippen LogP contribution in [0.15, 0.2) is 71.6 Å². The maximum Gasteiger partial charge on any atom is 0.261 e. The van der Waals surface area contributed by atoms with E-state index in [0.29, 0.717) is 11.6 Å². The SMILES string of the molecule is COc1ccc(S(=O)(=O)Nc2ccccc2C(=O)Nc2cccc(C)n2)cc1. The lowest BCUT2D eigenvalue weighted by Gasteiger charge is -2.13. The second-order valence-electron chi connectivity index (χ2n) is 5.94. The van der Waals surface area contributed by atoms with Crippen molar-refractivity contribution in [2.45, 2.75) is 11.8 Å². The Balaban J connectivity index is 1.86. The number of para-hydroxylation sites is 1. The Morgan fingerprint density at radius 2 is 1.68 bits per heavy atom. The minimum absolute atomic E-state index is 0.0591. The van der Waals surface area contributed by atoms with Crippen LogP contribution in [0.25, 0.3) is 0 Å². The molecular formula is C20H19N3O4S. The summed E-state index contributed by atoms with van der Waals surface area (Å²) in [6.07, 6.45) is 0. The summed E-state index contributed by atoms with van der Waals surface area (Å²) in [6.45, 7) is 1.81. The van der Waals surface area contributed by atoms with Crippen LogP contribution in [0.4, 0.5) is 11.5 Å². The van der Waals surface area contributed by atoms with Crippen molar-refractivity contribution in [3.63, 3.8) is 0 Å². The normalized spacial score (nSPS) is 10.9. The molecule has 28 heavy (non-hydrogen) atoms. The largest absolute Gasteiger partial charge is 0.497 e. The molecule has 0 radical (unpaired) electrons. The van der Waals surface area contributed by atoms with E-state index in [9.17, 15) is 13.2 Å². The number of methoxy groups -OCH3 is 1. The molecule has 0 spiro atoms. The lowest BCUT2D eigenvalue weighted by molar-refractivity contribution is 0.102. The van der Waals surface area contributed by atoms with Gasteiger partial charge in [-0.1, -0.05) is 18.2 Å². The van der Waals surface area contributed by atoms with Crippen molar-refractivity contribution >= 4 is 27.4 Å². The highest BCUT2D eigenvalue weighted by Crippen LogP contribution is 2.22. The monoisotopic (exact) mass is 397 g/mol. The van der Waals surface area contributed by atoms with Crippen LogP contribution in [0.3, 0.4) is 0 Å². The van der Waals surface area contributed by atoms with Crippen molar-refractivity contribution in [3.8, 4) is 5.75 Å². The molecule has 2 N–H and O–H groups in total. The molecule has 0 atom stereocenters. The van der Waals surface area contributed by atoms with Gasteiger partial charge in [0, 0.05) is 5.69 Å². The summed E-state index contributed by atoms with van der Waals surface area (Å²) >= 11 is 0. The fourth-order valence-corrected chi connectivity index (χ4v) is 3.60. The van der Waals surface area contributed by atoms with E-state index in [0.717, 1.165) is 5.69 Å². The van der Waals surface area contributed by atoms with Crippen LogP contribution >= 0.6 is 0 Å². The average Bonchev–Trinajstić information content (AvgIpc) is 2.68. The minimum atomic E-state index is -3.88. The van der Waals surface area contributed by atoms with Gasteiger partial charge in [-0.2, -0.15) is 0 Å². The average molecular weight is 397 g/mol. The maximum atomic E-state index is 12.7. The predicted octanol–water partition coefficient (Wildman–Crippen LogP) is 3.45. The van der Waals surface area contributed by atoms with Crippen LogP contribution in [0.1, 0.15) is 16.1 Å². The molecule has 8 heteroatoms. The summed E-state index contributed by atoms with van der Waals surface area (Å²) < 4.78 is 32.9. The molecule has 3 aromatic rings. The first-order valence-electron chi connectivity index (χ1n) is 8.40. The number of amides is 1. The van der Waals surface area contributed by atoms with Crippen molar-refractivity contribution in [1.82, 2.24) is 4.98 Å². The van der Waals surface area contributed by atoms with E-state index < -0.39 is 15.9 Å². The van der Waals surface area contributed by atoms with Gasteiger partial charge in [0.05, 0.1) is 23.3 Å². The molecule has 2 aromatic carbocycles. The zero-order chi connectivity index (χ0) is 20.1. The van der Waals surface area contributed by atoms with Crippen molar-refractivity contribution < 1.29 is 17.9 Å². The number of nitrogens with zero attached hydrogens (tertiary/aromatic N) is 1. The summed E-state index contributed by atoms with van der Waals surface area (Å²) in [4.78, 5) is 16.9. The number of sulfonamides is 1. The fourth-order valence-electron chi connectivity index (χ4n) is 2.52. The molecule has 0 saturated carbocycles. The first-order valence-corrected chi connectivity index (χ1v) is 9.88. The Morgan fingerprint density at radius 3 is 2.36 bits per heavy atom. The van der Waals surface area contributed by atoms with Crippen LogP contribution in [0.2, 0.25) is 0 Å². The van der Waals surface area contributed by atoms with Gasteiger partial charge < -0.3 is 10.1 Å². The van der Waals surface area contributed by atoms with Crippen LogP contribution in [0.5, 0.6) is 5.75 Å². The molecule has 1 amide bonds. The van der Waals surface area contributed by atoms with Gasteiger partial charge in [0.1, 0.15) is 11.6 Å². The lowest BCUT2D eigenvalue weighted by Crippen LogP contribution is -2.19. The third kappa shape index (κ3) is 4.47. The van der Waals surface area contributed by atoms with E-state index in [-0.39, 0.29) is 16.1 Å². The van der Waals surface area contributed by atoms with E-state index in [1.165, 1.54) is 31.4 Å². The molecule has 7 nitrogen and oxygen atoms in total. The highest BCUT2D eigenvalue weighted by atomic mass is 32.2. The van der Waals surface area contributed by atoms with E-state index in [2.05, 4.69) is 15.0 Å². The van der Waals surface area contributed by atoms with E-state index in [4.69, 9.17) is 4.74 Å². The summed E-state index contributed by atoms with van der Waals surface area (Å²) in [5.74, 6) is 0.466. The van der Waals surface area contributed by atoms with Crippen LogP contribution in [-0.4, -0.2) is 26.4 Å². The first kappa shape index (κ1) is 19.4. The van der Waals surface area contributed by atoms with Gasteiger partial charge >= 0.3 is 0 Å². The van der Waals surface area contributed by atoms with Crippen LogP contribution < -0.4 is 14.8 Å². The summed E-state index contributed by atoms with van der Waals surface area (Å²) in [7, 11) is -2.38. The molecule has 0 fully saturated rings. The van der Waals surface area contributed by atoms with E-state index in [1.807, 2.05) is 13.0 Å². The number of benzene rings is 2. The number of carbonyl (C=O) groups excluding carboxylic acids is 1. The maximum absolute atomic E-state index is 12.7. The third-order valence-electron chi connectivity index (χ3n) is 3.92. The van der Waals surface area contributed by atoms with Crippen molar-refractivity contribution in [3.05, 3.63) is 78.0 Å². The highest BCUT2D eigenvalue weighted by molar-refractivity contribution is 7.92. The molecule has 1 heterocycles. The molecule has 0 unspecified atom stereocenters. The van der Waals surface area contributed by atoms with Gasteiger partial charge in [-0.3, -0.25) is 9.52 Å². The van der Waals surface area contributed by atoms with Gasteiger partial charge in [-0.15, -0.1) is 0 Å². The van der Waals surface area contributed by atoms with E-state index >= 15 is 0 Å². The molecule has 0 aliphatic carbocycles. The predicted molar refractivity (Wildman–Crippen MR) is 107 cm³/mol. The molecule has 0 bridgehead atoms. The molecule has 144 valence electrons. The Labute approximate surface area is 163 Å². The van der Waals surface area contributed by atoms with Gasteiger partial charge in [-0.05, 0) is 55.5 Å². The number of nitrogens with one attached hydrogen (secondary N) is 2. The number of aromatic nitrogens is 1. The van der Waals surface area contributed by atoms with Crippen LogP contribution in [-0.2, 0) is 10.0 Å². The van der Waals surface area contributed by atoms with Gasteiger partial charge in [-0.25, -0.2) is 13.4 Å². The zero-order valence-corrected chi connectivity index (χ0v) is 16.2. The topological polar surface area (TPSA) is 97.4 Å². The molecule has 3 rings (SSSR count). The molecule has 0 aliphatic rings. The molecule has 0 saturated heterocycles. The number of hydrogen-bond acceptors (Lipinski definition) is 5. The smallest absolute Gasteiger partial charge is 0.261 e. The zero-order valence-electron chi connectivity index (χ0n) is 15.3. The lowest BCUT2D eigenvalue weighted by atomic mass is 10.1. The van der Waals surface area contributed by atoms with Crippen LogP contribution in [0, 0.1) is 6.92 Å². The number of pyridine rings is 1. The Kier molecular flexibility index (Phi) is 5.60. The van der Waals surface area contributed by atoms with Crippen molar-refractivity contribution in [2.24, 2.45) is 0 Å². The summed E-state index contributed by atoms with van der Waals surface area (Å²) in [6, 6.07) is 17.6.